The molecule has 0 atom stereocenters. The van der Waals surface area contributed by atoms with Crippen molar-refractivity contribution in [3.05, 3.63) is 47.5 Å². The van der Waals surface area contributed by atoms with Crippen LogP contribution in [0.4, 0.5) is 0 Å². The zero-order chi connectivity index (χ0) is 15.1. The summed E-state index contributed by atoms with van der Waals surface area (Å²) in [7, 11) is 0. The minimum atomic E-state index is -0.0675. The summed E-state index contributed by atoms with van der Waals surface area (Å²) in [4.78, 5) is 12.2. The Morgan fingerprint density at radius 3 is 2.81 bits per heavy atom. The molecule has 0 aliphatic rings. The molecule has 0 unspecified atom stereocenters. The van der Waals surface area contributed by atoms with E-state index in [1.807, 2.05) is 12.1 Å². The van der Waals surface area contributed by atoms with Gasteiger partial charge in [-0.05, 0) is 43.5 Å². The molecule has 2 heterocycles. The first-order valence-electron chi connectivity index (χ1n) is 6.54. The Labute approximate surface area is 122 Å². The number of aromatic nitrogens is 3. The van der Waals surface area contributed by atoms with Crippen LogP contribution < -0.4 is 10.5 Å². The van der Waals surface area contributed by atoms with Gasteiger partial charge in [-0.25, -0.2) is 4.98 Å². The fourth-order valence-electron chi connectivity index (χ4n) is 1.78. The van der Waals surface area contributed by atoms with Crippen molar-refractivity contribution in [2.75, 3.05) is 6.61 Å². The fourth-order valence-corrected chi connectivity index (χ4v) is 1.78. The average molecular weight is 287 g/mol. The van der Waals surface area contributed by atoms with E-state index in [1.165, 1.54) is 5.56 Å². The number of nitrogens with two attached hydrogens (primary N) is 1. The molecule has 21 heavy (non-hydrogen) atoms. The van der Waals surface area contributed by atoms with Gasteiger partial charge in [0.2, 0.25) is 0 Å². The van der Waals surface area contributed by atoms with Gasteiger partial charge >= 0.3 is 6.01 Å². The van der Waals surface area contributed by atoms with E-state index in [0.29, 0.717) is 18.0 Å². The maximum Gasteiger partial charge on any atom is 0.317 e. The minimum absolute atomic E-state index is 0.0675. The van der Waals surface area contributed by atoms with E-state index in [2.05, 4.69) is 20.1 Å². The quantitative estimate of drug-likeness (QED) is 0.272. The Bertz CT molecular complexity index is 616. The van der Waals surface area contributed by atoms with Gasteiger partial charge in [-0.2, -0.15) is 4.98 Å². The highest BCUT2D eigenvalue weighted by atomic mass is 16.5. The number of rotatable bonds is 6. The maximum atomic E-state index is 8.67. The van der Waals surface area contributed by atoms with Crippen LogP contribution in [0.15, 0.2) is 35.7 Å². The molecule has 110 valence electrons. The highest BCUT2D eigenvalue weighted by Gasteiger charge is 2.07. The Hall–Kier alpha value is -2.70. The van der Waals surface area contributed by atoms with E-state index in [-0.39, 0.29) is 11.8 Å². The van der Waals surface area contributed by atoms with Gasteiger partial charge in [-0.1, -0.05) is 5.16 Å². The van der Waals surface area contributed by atoms with Crippen molar-refractivity contribution >= 4 is 5.84 Å². The van der Waals surface area contributed by atoms with Gasteiger partial charge < -0.3 is 15.7 Å². The lowest BCUT2D eigenvalue weighted by molar-refractivity contribution is 0.285. The Morgan fingerprint density at radius 1 is 1.33 bits per heavy atom. The van der Waals surface area contributed by atoms with Crippen molar-refractivity contribution in [1.82, 2.24) is 15.0 Å². The van der Waals surface area contributed by atoms with Crippen LogP contribution >= 0.6 is 0 Å². The number of amidine groups is 1. The monoisotopic (exact) mass is 287 g/mol. The zero-order valence-corrected chi connectivity index (χ0v) is 11.7. The summed E-state index contributed by atoms with van der Waals surface area (Å²) in [6.45, 7) is 2.28. The molecule has 0 aromatic carbocycles. The molecule has 0 radical (unpaired) electrons. The zero-order valence-electron chi connectivity index (χ0n) is 11.7. The predicted octanol–water partition coefficient (Wildman–Crippen LogP) is 1.29. The van der Waals surface area contributed by atoms with E-state index in [9.17, 15) is 0 Å². The van der Waals surface area contributed by atoms with Crippen molar-refractivity contribution in [2.45, 2.75) is 19.8 Å². The van der Waals surface area contributed by atoms with Gasteiger partial charge in [-0.3, -0.25) is 4.98 Å². The second-order valence-corrected chi connectivity index (χ2v) is 4.47. The molecule has 0 fully saturated rings. The number of nitrogens with zero attached hydrogens (tertiary/aromatic N) is 4. The molecule has 0 amide bonds. The van der Waals surface area contributed by atoms with Crippen molar-refractivity contribution in [2.24, 2.45) is 10.9 Å². The number of aryl methyl sites for hydroxylation is 2. The summed E-state index contributed by atoms with van der Waals surface area (Å²) in [6, 6.07) is 5.80. The molecule has 0 spiro atoms. The Kier molecular flexibility index (Phi) is 5.03. The molecular formula is C14H17N5O2. The summed E-state index contributed by atoms with van der Waals surface area (Å²) in [5, 5.41) is 11.6. The van der Waals surface area contributed by atoms with Gasteiger partial charge in [0.15, 0.2) is 5.84 Å². The number of ether oxygens (including phenoxy) is 1. The van der Waals surface area contributed by atoms with Crippen molar-refractivity contribution < 1.29 is 9.94 Å². The predicted molar refractivity (Wildman–Crippen MR) is 77.3 cm³/mol. The third kappa shape index (κ3) is 4.41. The van der Waals surface area contributed by atoms with Crippen LogP contribution in [0.1, 0.15) is 23.4 Å². The van der Waals surface area contributed by atoms with Gasteiger partial charge in [0, 0.05) is 18.1 Å². The molecule has 0 saturated carbocycles. The van der Waals surface area contributed by atoms with Crippen molar-refractivity contribution in [3.8, 4) is 6.01 Å². The van der Waals surface area contributed by atoms with Gasteiger partial charge in [0.1, 0.15) is 5.69 Å². The van der Waals surface area contributed by atoms with E-state index in [1.54, 1.807) is 25.4 Å². The first-order valence-corrected chi connectivity index (χ1v) is 6.54. The average Bonchev–Trinajstić information content (AvgIpc) is 2.51. The first-order chi connectivity index (χ1) is 10.2. The summed E-state index contributed by atoms with van der Waals surface area (Å²) >= 11 is 0. The molecule has 0 aliphatic carbocycles. The summed E-state index contributed by atoms with van der Waals surface area (Å²) < 4.78 is 5.51. The van der Waals surface area contributed by atoms with E-state index >= 15 is 0 Å². The lowest BCUT2D eigenvalue weighted by atomic mass is 10.1. The molecular weight excluding hydrogens is 270 g/mol. The van der Waals surface area contributed by atoms with E-state index in [4.69, 9.17) is 15.7 Å². The van der Waals surface area contributed by atoms with Gasteiger partial charge in [0.25, 0.3) is 0 Å². The number of hydrogen-bond acceptors (Lipinski definition) is 6. The van der Waals surface area contributed by atoms with Crippen LogP contribution in [0, 0.1) is 6.92 Å². The molecule has 2 rings (SSSR count). The summed E-state index contributed by atoms with van der Waals surface area (Å²) in [5.41, 5.74) is 7.75. The summed E-state index contributed by atoms with van der Waals surface area (Å²) in [5.74, 6) is -0.0675. The highest BCUT2D eigenvalue weighted by Crippen LogP contribution is 2.08. The number of pyridine rings is 1. The minimum Gasteiger partial charge on any atom is -0.463 e. The van der Waals surface area contributed by atoms with E-state index < -0.39 is 0 Å². The van der Waals surface area contributed by atoms with Crippen LogP contribution in [0.25, 0.3) is 0 Å². The topological polar surface area (TPSA) is 107 Å². The normalized spacial score (nSPS) is 11.4. The Morgan fingerprint density at radius 2 is 2.10 bits per heavy atom. The van der Waals surface area contributed by atoms with Crippen molar-refractivity contribution in [1.29, 1.82) is 0 Å². The third-order valence-electron chi connectivity index (χ3n) is 2.79. The fraction of sp³-hybridized carbons (Fsp3) is 0.286. The van der Waals surface area contributed by atoms with Crippen LogP contribution in [0.5, 0.6) is 6.01 Å². The molecule has 3 N–H and O–H groups in total. The van der Waals surface area contributed by atoms with Crippen LogP contribution in [0.2, 0.25) is 0 Å². The Balaban J connectivity index is 1.90. The lowest BCUT2D eigenvalue weighted by Crippen LogP contribution is -2.16. The maximum absolute atomic E-state index is 8.67. The molecule has 2 aromatic rings. The largest absolute Gasteiger partial charge is 0.463 e. The molecule has 0 bridgehead atoms. The van der Waals surface area contributed by atoms with E-state index in [0.717, 1.165) is 12.8 Å². The second-order valence-electron chi connectivity index (χ2n) is 4.47. The second kappa shape index (κ2) is 7.18. The molecule has 7 nitrogen and oxygen atoms in total. The molecule has 2 aromatic heterocycles. The van der Waals surface area contributed by atoms with Crippen molar-refractivity contribution in [3.63, 3.8) is 0 Å². The van der Waals surface area contributed by atoms with Crippen LogP contribution in [-0.2, 0) is 6.42 Å². The summed E-state index contributed by atoms with van der Waals surface area (Å²) in [6.07, 6.45) is 5.26. The first kappa shape index (κ1) is 14.7. The third-order valence-corrected chi connectivity index (χ3v) is 2.79. The number of hydrogen-bond donors (Lipinski definition) is 2. The molecule has 7 heteroatoms. The smallest absolute Gasteiger partial charge is 0.317 e. The molecule has 0 saturated heterocycles. The molecule has 0 aliphatic heterocycles. The highest BCUT2D eigenvalue weighted by molar-refractivity contribution is 5.95. The SMILES string of the molecule is Cc1cc(/C(N)=N/O)nc(OCCCc2ccncc2)n1. The number of oxime groups is 1. The van der Waals surface area contributed by atoms with Crippen LogP contribution in [0.3, 0.4) is 0 Å². The lowest BCUT2D eigenvalue weighted by Gasteiger charge is -2.07. The van der Waals surface area contributed by atoms with Crippen LogP contribution in [-0.4, -0.2) is 32.6 Å². The standard InChI is InChI=1S/C14H17N5O2/c1-10-9-12(13(15)19-20)18-14(17-10)21-8-2-3-11-4-6-16-7-5-11/h4-7,9,20H,2-3,8H2,1H3,(H2,15,19). The van der Waals surface area contributed by atoms with Gasteiger partial charge in [0.05, 0.1) is 6.61 Å². The van der Waals surface area contributed by atoms with Gasteiger partial charge in [-0.15, -0.1) is 0 Å².